The van der Waals surface area contributed by atoms with E-state index in [4.69, 9.17) is 19.7 Å². The average Bonchev–Trinajstić information content (AvgIpc) is 3.23. The zero-order chi connectivity index (χ0) is 20.6. The van der Waals surface area contributed by atoms with Crippen molar-refractivity contribution in [3.8, 4) is 10.8 Å². The van der Waals surface area contributed by atoms with Crippen LogP contribution in [0.5, 0.6) is 10.8 Å². The number of Topliss-reactive ketones (excluding diaryl/α,β-unsaturated/α-hetero) is 1. The lowest BCUT2D eigenvalue weighted by molar-refractivity contribution is -0.141. The summed E-state index contributed by atoms with van der Waals surface area (Å²) in [4.78, 5) is 23.8. The van der Waals surface area contributed by atoms with E-state index >= 15 is 0 Å². The number of aliphatic hydroxyl groups is 2. The molecule has 8 heteroatoms. The third-order valence-corrected chi connectivity index (χ3v) is 4.92. The third-order valence-electron chi connectivity index (χ3n) is 3.93. The lowest BCUT2D eigenvalue weighted by Gasteiger charge is -2.08. The van der Waals surface area contributed by atoms with Gasteiger partial charge in [0.05, 0.1) is 11.5 Å². The molecule has 152 valence electrons. The number of rotatable bonds is 10. The first kappa shape index (κ1) is 20.8. The Morgan fingerprint density at radius 3 is 2.52 bits per heavy atom. The van der Waals surface area contributed by atoms with Crippen molar-refractivity contribution < 1.29 is 34.0 Å². The van der Waals surface area contributed by atoms with Gasteiger partial charge in [-0.2, -0.15) is 0 Å². The van der Waals surface area contributed by atoms with E-state index in [9.17, 15) is 9.59 Å². The monoisotopic (exact) mass is 416 g/mol. The highest BCUT2D eigenvalue weighted by atomic mass is 32.1. The fraction of sp³-hybridized carbons (Fsp3) is 0.238. The van der Waals surface area contributed by atoms with Crippen molar-refractivity contribution in [1.82, 2.24) is 0 Å². The lowest BCUT2D eigenvalue weighted by atomic mass is 10.1. The number of benzene rings is 2. The Bertz CT molecular complexity index is 982. The molecule has 0 amide bonds. The maximum Gasteiger partial charge on any atom is 0.380 e. The molecule has 1 heterocycles. The average molecular weight is 416 g/mol. The minimum atomic E-state index is -1.21. The van der Waals surface area contributed by atoms with Gasteiger partial charge in [-0.15, -0.1) is 0 Å². The first-order chi connectivity index (χ1) is 14.1. The van der Waals surface area contributed by atoms with Crippen molar-refractivity contribution in [2.45, 2.75) is 6.10 Å². The van der Waals surface area contributed by atoms with E-state index in [1.165, 1.54) is 6.07 Å². The molecule has 0 aliphatic carbocycles. The van der Waals surface area contributed by atoms with E-state index in [2.05, 4.69) is 4.74 Å². The minimum Gasteiger partial charge on any atom is -0.490 e. The Hall–Kier alpha value is -2.94. The zero-order valence-electron chi connectivity index (χ0n) is 15.4. The molecule has 1 unspecified atom stereocenters. The standard InChI is InChI=1S/C21H20O7S/c22-12-16(23)13-28-21(25)20(24)18-7-8-19(29-18)27-10-9-26-17-6-5-14-3-1-2-4-15(14)11-17/h1-8,11,16,22-23H,9-10,12-13H2. The number of aliphatic hydroxyl groups excluding tert-OH is 2. The van der Waals surface area contributed by atoms with Crippen LogP contribution in [0.3, 0.4) is 0 Å². The molecule has 7 nitrogen and oxygen atoms in total. The Kier molecular flexibility index (Phi) is 7.18. The molecule has 3 aromatic rings. The van der Waals surface area contributed by atoms with Crippen LogP contribution in [0.15, 0.2) is 54.6 Å². The quantitative estimate of drug-likeness (QED) is 0.226. The minimum absolute atomic E-state index is 0.166. The largest absolute Gasteiger partial charge is 0.490 e. The summed E-state index contributed by atoms with van der Waals surface area (Å²) < 4.78 is 15.9. The van der Waals surface area contributed by atoms with Gasteiger partial charge in [-0.1, -0.05) is 41.7 Å². The van der Waals surface area contributed by atoms with Crippen LogP contribution in [0.25, 0.3) is 10.8 Å². The molecule has 3 rings (SSSR count). The molecule has 0 saturated heterocycles. The fourth-order valence-electron chi connectivity index (χ4n) is 2.47. The van der Waals surface area contributed by atoms with Crippen molar-refractivity contribution in [3.05, 3.63) is 59.5 Å². The summed E-state index contributed by atoms with van der Waals surface area (Å²) >= 11 is 1.02. The van der Waals surface area contributed by atoms with Gasteiger partial charge in [0.25, 0.3) is 5.78 Å². The Labute approximate surface area is 171 Å². The molecule has 0 bridgehead atoms. The van der Waals surface area contributed by atoms with Crippen LogP contribution in [0.1, 0.15) is 9.67 Å². The SMILES string of the molecule is O=C(OCC(O)CO)C(=O)c1ccc(OCCOc2ccc3ccccc3c2)s1. The number of fused-ring (bicyclic) bond motifs is 1. The number of carbonyl (C=O) groups is 2. The molecule has 1 atom stereocenters. The molecule has 2 aromatic carbocycles. The van der Waals surface area contributed by atoms with E-state index in [1.54, 1.807) is 6.07 Å². The third kappa shape index (κ3) is 5.77. The van der Waals surface area contributed by atoms with Gasteiger partial charge in [-0.25, -0.2) is 4.79 Å². The summed E-state index contributed by atoms with van der Waals surface area (Å²) in [7, 11) is 0. The summed E-state index contributed by atoms with van der Waals surface area (Å²) in [6.07, 6.45) is -1.21. The molecule has 0 aliphatic heterocycles. The van der Waals surface area contributed by atoms with Gasteiger partial charge in [0, 0.05) is 0 Å². The number of hydrogen-bond acceptors (Lipinski definition) is 8. The normalized spacial score (nSPS) is 11.8. The second-order valence-corrected chi connectivity index (χ2v) is 7.13. The Morgan fingerprint density at radius 1 is 0.966 bits per heavy atom. The zero-order valence-corrected chi connectivity index (χ0v) is 16.3. The van der Waals surface area contributed by atoms with Gasteiger partial charge in [-0.3, -0.25) is 4.79 Å². The van der Waals surface area contributed by atoms with Crippen LogP contribution in [0.4, 0.5) is 0 Å². The second kappa shape index (κ2) is 10.0. The highest BCUT2D eigenvalue weighted by Gasteiger charge is 2.21. The first-order valence-electron chi connectivity index (χ1n) is 8.91. The second-order valence-electron chi connectivity index (χ2n) is 6.09. The van der Waals surface area contributed by atoms with Crippen LogP contribution >= 0.6 is 11.3 Å². The maximum atomic E-state index is 12.0. The van der Waals surface area contributed by atoms with E-state index < -0.39 is 31.1 Å². The van der Waals surface area contributed by atoms with Crippen LogP contribution in [-0.4, -0.2) is 54.5 Å². The van der Waals surface area contributed by atoms with Crippen molar-refractivity contribution in [3.63, 3.8) is 0 Å². The number of ether oxygens (including phenoxy) is 3. The van der Waals surface area contributed by atoms with E-state index in [-0.39, 0.29) is 11.5 Å². The topological polar surface area (TPSA) is 102 Å². The van der Waals surface area contributed by atoms with E-state index in [0.717, 1.165) is 27.9 Å². The number of thiophene rings is 1. The lowest BCUT2D eigenvalue weighted by Crippen LogP contribution is -2.25. The van der Waals surface area contributed by atoms with Crippen LogP contribution in [0, 0.1) is 0 Å². The van der Waals surface area contributed by atoms with Gasteiger partial charge < -0.3 is 24.4 Å². The Balaban J connectivity index is 1.45. The van der Waals surface area contributed by atoms with Gasteiger partial charge in [0.15, 0.2) is 5.06 Å². The van der Waals surface area contributed by atoms with Crippen LogP contribution < -0.4 is 9.47 Å². The molecule has 1 aromatic heterocycles. The predicted octanol–water partition coefficient (Wildman–Crippen LogP) is 2.44. The molecule has 29 heavy (non-hydrogen) atoms. The highest BCUT2D eigenvalue weighted by molar-refractivity contribution is 7.16. The molecule has 0 spiro atoms. The number of carbonyl (C=O) groups excluding carboxylic acids is 2. The highest BCUT2D eigenvalue weighted by Crippen LogP contribution is 2.25. The fourth-order valence-corrected chi connectivity index (χ4v) is 3.28. The molecule has 0 aliphatic rings. The number of ketones is 1. The van der Waals surface area contributed by atoms with Gasteiger partial charge in [0.1, 0.15) is 31.7 Å². The van der Waals surface area contributed by atoms with Gasteiger partial charge in [0.2, 0.25) is 0 Å². The van der Waals surface area contributed by atoms with Crippen LogP contribution in [0.2, 0.25) is 0 Å². The summed E-state index contributed by atoms with van der Waals surface area (Å²) in [6, 6.07) is 16.9. The summed E-state index contributed by atoms with van der Waals surface area (Å²) in [5, 5.41) is 20.5. The summed E-state index contributed by atoms with van der Waals surface area (Å²) in [5.74, 6) is -1.19. The molecule has 0 radical (unpaired) electrons. The maximum absolute atomic E-state index is 12.0. The van der Waals surface area contributed by atoms with Crippen molar-refractivity contribution >= 4 is 33.9 Å². The van der Waals surface area contributed by atoms with E-state index in [1.807, 2.05) is 42.5 Å². The predicted molar refractivity (Wildman–Crippen MR) is 108 cm³/mol. The first-order valence-corrected chi connectivity index (χ1v) is 9.73. The molecule has 2 N–H and O–H groups in total. The van der Waals surface area contributed by atoms with Crippen molar-refractivity contribution in [1.29, 1.82) is 0 Å². The number of esters is 1. The van der Waals surface area contributed by atoms with Crippen LogP contribution in [-0.2, 0) is 9.53 Å². The summed E-state index contributed by atoms with van der Waals surface area (Å²) in [5.41, 5.74) is 0. The van der Waals surface area contributed by atoms with Crippen molar-refractivity contribution in [2.75, 3.05) is 26.4 Å². The smallest absolute Gasteiger partial charge is 0.380 e. The number of hydrogen-bond donors (Lipinski definition) is 2. The van der Waals surface area contributed by atoms with Gasteiger partial charge >= 0.3 is 5.97 Å². The summed E-state index contributed by atoms with van der Waals surface area (Å²) in [6.45, 7) is -0.406. The molecular formula is C21H20O7S. The molecular weight excluding hydrogens is 396 g/mol. The Morgan fingerprint density at radius 2 is 1.72 bits per heavy atom. The molecule has 0 saturated carbocycles. The van der Waals surface area contributed by atoms with E-state index in [0.29, 0.717) is 11.7 Å². The van der Waals surface area contributed by atoms with Gasteiger partial charge in [-0.05, 0) is 35.0 Å². The molecule has 0 fully saturated rings. The van der Waals surface area contributed by atoms with Crippen molar-refractivity contribution in [2.24, 2.45) is 0 Å².